The van der Waals surface area contributed by atoms with E-state index in [1.807, 2.05) is 18.2 Å². The number of furan rings is 1. The van der Waals surface area contributed by atoms with Crippen LogP contribution in [0.25, 0.3) is 11.0 Å². The topological polar surface area (TPSA) is 48.4 Å². The van der Waals surface area contributed by atoms with Crippen LogP contribution in [0.15, 0.2) is 28.7 Å². The van der Waals surface area contributed by atoms with Crippen LogP contribution in [-0.4, -0.2) is 12.7 Å². The summed E-state index contributed by atoms with van der Waals surface area (Å²) in [5, 5.41) is 1.16. The maximum absolute atomic E-state index is 6.51. The minimum atomic E-state index is 0.00329. The number of fused-ring (bicyclic) bond motifs is 1. The van der Waals surface area contributed by atoms with Crippen LogP contribution >= 0.6 is 0 Å². The Bertz CT molecular complexity index is 575. The van der Waals surface area contributed by atoms with Crippen molar-refractivity contribution in [1.29, 1.82) is 0 Å². The Morgan fingerprint density at radius 3 is 2.84 bits per heavy atom. The fourth-order valence-corrected chi connectivity index (χ4v) is 3.08. The highest BCUT2D eigenvalue weighted by molar-refractivity contribution is 5.82. The molecule has 0 amide bonds. The number of para-hydroxylation sites is 1. The lowest BCUT2D eigenvalue weighted by Crippen LogP contribution is -2.22. The summed E-state index contributed by atoms with van der Waals surface area (Å²) in [5.74, 6) is 1.41. The predicted octanol–water partition coefficient (Wildman–Crippen LogP) is 3.42. The van der Waals surface area contributed by atoms with Crippen LogP contribution in [0.2, 0.25) is 0 Å². The third kappa shape index (κ3) is 2.17. The smallest absolute Gasteiger partial charge is 0.134 e. The third-order valence-electron chi connectivity index (χ3n) is 4.10. The molecule has 1 saturated heterocycles. The zero-order chi connectivity index (χ0) is 13.4. The first kappa shape index (κ1) is 12.7. The van der Waals surface area contributed by atoms with Crippen LogP contribution in [0.1, 0.15) is 37.6 Å². The van der Waals surface area contributed by atoms with Gasteiger partial charge in [-0.2, -0.15) is 0 Å². The lowest BCUT2D eigenvalue weighted by molar-refractivity contribution is 0.118. The predicted molar refractivity (Wildman–Crippen MR) is 76.0 cm³/mol. The average molecular weight is 259 g/mol. The monoisotopic (exact) mass is 259 g/mol. The summed E-state index contributed by atoms with van der Waals surface area (Å²) in [7, 11) is 0. The minimum absolute atomic E-state index is 0.00329. The van der Waals surface area contributed by atoms with E-state index in [1.54, 1.807) is 0 Å². The molecule has 3 unspecified atom stereocenters. The molecule has 3 heteroatoms. The van der Waals surface area contributed by atoms with Gasteiger partial charge in [-0.1, -0.05) is 25.1 Å². The van der Waals surface area contributed by atoms with Crippen LogP contribution in [0.5, 0.6) is 0 Å². The lowest BCUT2D eigenvalue weighted by Gasteiger charge is -2.18. The van der Waals surface area contributed by atoms with Crippen molar-refractivity contribution in [1.82, 2.24) is 0 Å². The molecule has 2 heterocycles. The van der Waals surface area contributed by atoms with Gasteiger partial charge in [-0.25, -0.2) is 0 Å². The molecule has 19 heavy (non-hydrogen) atoms. The van der Waals surface area contributed by atoms with Crippen molar-refractivity contribution in [3.63, 3.8) is 0 Å². The molecule has 0 spiro atoms. The molecule has 1 fully saturated rings. The number of nitrogens with two attached hydrogens (primary N) is 1. The molecule has 1 aliphatic rings. The number of ether oxygens (including phenoxy) is 1. The molecule has 0 radical (unpaired) electrons. The summed E-state index contributed by atoms with van der Waals surface area (Å²) in [6.45, 7) is 4.98. The van der Waals surface area contributed by atoms with Crippen molar-refractivity contribution >= 4 is 11.0 Å². The molecular weight excluding hydrogens is 238 g/mol. The standard InChI is InChI=1S/C16H21NO2/c1-3-13-15(12-6-4-5-7-14(12)19-13)16(17)11-8-10(2)18-9-11/h4-7,10-11,16H,3,8-9,17H2,1-2H3. The quantitative estimate of drug-likeness (QED) is 0.918. The largest absolute Gasteiger partial charge is 0.461 e. The number of rotatable bonds is 3. The van der Waals surface area contributed by atoms with Gasteiger partial charge in [0, 0.05) is 29.3 Å². The Morgan fingerprint density at radius 2 is 2.16 bits per heavy atom. The van der Waals surface area contributed by atoms with E-state index < -0.39 is 0 Å². The molecule has 3 atom stereocenters. The lowest BCUT2D eigenvalue weighted by atomic mass is 9.89. The first-order chi connectivity index (χ1) is 9.20. The molecule has 0 saturated carbocycles. The highest BCUT2D eigenvalue weighted by Gasteiger charge is 2.31. The summed E-state index contributed by atoms with van der Waals surface area (Å²) in [6, 6.07) is 8.16. The third-order valence-corrected chi connectivity index (χ3v) is 4.10. The Morgan fingerprint density at radius 1 is 1.37 bits per heavy atom. The van der Waals surface area contributed by atoms with Crippen molar-refractivity contribution in [2.45, 2.75) is 38.8 Å². The highest BCUT2D eigenvalue weighted by Crippen LogP contribution is 2.37. The Balaban J connectivity index is 2.03. The fraction of sp³-hybridized carbons (Fsp3) is 0.500. The van der Waals surface area contributed by atoms with E-state index >= 15 is 0 Å². The Labute approximate surface area is 113 Å². The Kier molecular flexibility index (Phi) is 3.33. The number of benzene rings is 1. The number of hydrogen-bond donors (Lipinski definition) is 1. The van der Waals surface area contributed by atoms with Gasteiger partial charge in [0.1, 0.15) is 11.3 Å². The van der Waals surface area contributed by atoms with E-state index in [0.29, 0.717) is 12.0 Å². The molecular formula is C16H21NO2. The first-order valence-electron chi connectivity index (χ1n) is 7.08. The van der Waals surface area contributed by atoms with Crippen molar-refractivity contribution in [3.8, 4) is 0 Å². The van der Waals surface area contributed by atoms with Crippen LogP contribution in [0.3, 0.4) is 0 Å². The number of aryl methyl sites for hydroxylation is 1. The van der Waals surface area contributed by atoms with E-state index in [-0.39, 0.29) is 6.04 Å². The molecule has 1 aromatic heterocycles. The summed E-state index contributed by atoms with van der Waals surface area (Å²) < 4.78 is 11.6. The van der Waals surface area contributed by atoms with Gasteiger partial charge >= 0.3 is 0 Å². The summed E-state index contributed by atoms with van der Waals surface area (Å²) in [4.78, 5) is 0. The van der Waals surface area contributed by atoms with Gasteiger partial charge in [-0.15, -0.1) is 0 Å². The summed E-state index contributed by atoms with van der Waals surface area (Å²) in [6.07, 6.45) is 2.23. The summed E-state index contributed by atoms with van der Waals surface area (Å²) in [5.41, 5.74) is 8.63. The molecule has 1 aliphatic heterocycles. The molecule has 2 aromatic rings. The minimum Gasteiger partial charge on any atom is -0.461 e. The van der Waals surface area contributed by atoms with Gasteiger partial charge in [-0.05, 0) is 19.4 Å². The second-order valence-corrected chi connectivity index (χ2v) is 5.45. The van der Waals surface area contributed by atoms with E-state index in [9.17, 15) is 0 Å². The maximum Gasteiger partial charge on any atom is 0.134 e. The second-order valence-electron chi connectivity index (χ2n) is 5.45. The highest BCUT2D eigenvalue weighted by atomic mass is 16.5. The van der Waals surface area contributed by atoms with Crippen molar-refractivity contribution in [3.05, 3.63) is 35.6 Å². The molecule has 3 nitrogen and oxygen atoms in total. The second kappa shape index (κ2) is 4.99. The van der Waals surface area contributed by atoms with E-state index in [1.165, 1.54) is 5.56 Å². The maximum atomic E-state index is 6.51. The number of hydrogen-bond acceptors (Lipinski definition) is 3. The van der Waals surface area contributed by atoms with Crippen LogP contribution in [0.4, 0.5) is 0 Å². The fourth-order valence-electron chi connectivity index (χ4n) is 3.08. The zero-order valence-electron chi connectivity index (χ0n) is 11.6. The van der Waals surface area contributed by atoms with Gasteiger partial charge in [0.05, 0.1) is 12.7 Å². The van der Waals surface area contributed by atoms with Gasteiger partial charge in [0.2, 0.25) is 0 Å². The van der Waals surface area contributed by atoms with Crippen LogP contribution in [-0.2, 0) is 11.2 Å². The Hall–Kier alpha value is -1.32. The van der Waals surface area contributed by atoms with Gasteiger partial charge in [0.15, 0.2) is 0 Å². The van der Waals surface area contributed by atoms with Gasteiger partial charge in [-0.3, -0.25) is 0 Å². The molecule has 0 bridgehead atoms. The van der Waals surface area contributed by atoms with E-state index in [0.717, 1.165) is 36.2 Å². The van der Waals surface area contributed by atoms with Gasteiger partial charge < -0.3 is 14.9 Å². The molecule has 3 rings (SSSR count). The van der Waals surface area contributed by atoms with Crippen LogP contribution in [0, 0.1) is 5.92 Å². The normalized spacial score (nSPS) is 25.0. The molecule has 1 aromatic carbocycles. The first-order valence-corrected chi connectivity index (χ1v) is 7.08. The average Bonchev–Trinajstić information content (AvgIpc) is 3.01. The van der Waals surface area contributed by atoms with Crippen molar-refractivity contribution in [2.24, 2.45) is 11.7 Å². The van der Waals surface area contributed by atoms with Crippen molar-refractivity contribution in [2.75, 3.05) is 6.61 Å². The molecule has 0 aliphatic carbocycles. The molecule has 102 valence electrons. The zero-order valence-corrected chi connectivity index (χ0v) is 11.6. The van der Waals surface area contributed by atoms with Crippen LogP contribution < -0.4 is 5.73 Å². The van der Waals surface area contributed by atoms with E-state index in [4.69, 9.17) is 14.9 Å². The van der Waals surface area contributed by atoms with E-state index in [2.05, 4.69) is 19.9 Å². The molecule has 2 N–H and O–H groups in total. The summed E-state index contributed by atoms with van der Waals surface area (Å²) >= 11 is 0. The van der Waals surface area contributed by atoms with Crippen molar-refractivity contribution < 1.29 is 9.15 Å². The van der Waals surface area contributed by atoms with Gasteiger partial charge in [0.25, 0.3) is 0 Å². The SMILES string of the molecule is CCc1oc2ccccc2c1C(N)C1COC(C)C1.